The number of rotatable bonds is 7. The molecular weight excluding hydrogens is 477 g/mol. The molecule has 0 amide bonds. The van der Waals surface area contributed by atoms with Crippen molar-refractivity contribution in [2.45, 2.75) is 37.8 Å². The molecule has 1 fully saturated rings. The number of halogens is 2. The third-order valence-electron chi connectivity index (χ3n) is 4.72. The van der Waals surface area contributed by atoms with Gasteiger partial charge in [0.25, 0.3) is 0 Å². The van der Waals surface area contributed by atoms with Crippen LogP contribution in [0.25, 0.3) is 0 Å². The van der Waals surface area contributed by atoms with Crippen LogP contribution >= 0.6 is 35.6 Å². The van der Waals surface area contributed by atoms with E-state index in [0.29, 0.717) is 24.1 Å². The molecule has 1 atom stereocenters. The Morgan fingerprint density at radius 2 is 2.07 bits per heavy atom. The first-order valence-corrected chi connectivity index (χ1v) is 9.46. The average molecular weight is 504 g/mol. The van der Waals surface area contributed by atoms with E-state index in [9.17, 15) is 5.11 Å². The molecule has 0 spiro atoms. The molecule has 2 aromatic rings. The summed E-state index contributed by atoms with van der Waals surface area (Å²) in [5, 5.41) is 22.0. The minimum atomic E-state index is -0.625. The van der Waals surface area contributed by atoms with Crippen molar-refractivity contribution in [3.05, 3.63) is 53.3 Å². The molecule has 0 saturated heterocycles. The Bertz CT molecular complexity index is 716. The second-order valence-electron chi connectivity index (χ2n) is 6.71. The van der Waals surface area contributed by atoms with E-state index in [2.05, 4.69) is 20.7 Å². The lowest BCUT2D eigenvalue weighted by molar-refractivity contribution is -0.0236. The van der Waals surface area contributed by atoms with E-state index in [1.165, 1.54) is 0 Å². The number of hydrogen-bond donors (Lipinski definition) is 3. The van der Waals surface area contributed by atoms with Gasteiger partial charge in [-0.15, -0.1) is 24.0 Å². The maximum absolute atomic E-state index is 10.3. The lowest BCUT2D eigenvalue weighted by Crippen LogP contribution is -2.44. The quantitative estimate of drug-likeness (QED) is 0.308. The molecule has 3 N–H and O–H groups in total. The molecule has 0 aliphatic heterocycles. The summed E-state index contributed by atoms with van der Waals surface area (Å²) in [6.07, 6.45) is 6.46. The second kappa shape index (κ2) is 10.3. The molecular formula is C19H27ClIN5O. The molecule has 27 heavy (non-hydrogen) atoms. The number of nitrogens with zero attached hydrogens (tertiary/aromatic N) is 3. The van der Waals surface area contributed by atoms with Gasteiger partial charge in [-0.2, -0.15) is 5.10 Å². The van der Waals surface area contributed by atoms with E-state index in [-0.39, 0.29) is 30.0 Å². The number of guanidine groups is 1. The third kappa shape index (κ3) is 6.08. The van der Waals surface area contributed by atoms with Gasteiger partial charge in [-0.3, -0.25) is 9.67 Å². The van der Waals surface area contributed by atoms with Gasteiger partial charge in [-0.1, -0.05) is 23.7 Å². The van der Waals surface area contributed by atoms with Gasteiger partial charge < -0.3 is 15.7 Å². The van der Waals surface area contributed by atoms with Crippen LogP contribution in [0.5, 0.6) is 0 Å². The molecule has 1 aliphatic rings. The van der Waals surface area contributed by atoms with Crippen LogP contribution in [-0.4, -0.2) is 46.1 Å². The van der Waals surface area contributed by atoms with E-state index < -0.39 is 5.60 Å². The monoisotopic (exact) mass is 503 g/mol. The lowest BCUT2D eigenvalue weighted by Gasteiger charge is -2.35. The smallest absolute Gasteiger partial charge is 0.191 e. The minimum absolute atomic E-state index is 0. The first-order chi connectivity index (χ1) is 12.6. The summed E-state index contributed by atoms with van der Waals surface area (Å²) < 4.78 is 1.92. The molecule has 148 valence electrons. The summed E-state index contributed by atoms with van der Waals surface area (Å²) >= 11 is 6.02. The van der Waals surface area contributed by atoms with Crippen LogP contribution in [0.4, 0.5) is 0 Å². The van der Waals surface area contributed by atoms with Crippen LogP contribution in [0, 0.1) is 0 Å². The van der Waals surface area contributed by atoms with Crippen LogP contribution in [0.15, 0.2) is 47.7 Å². The van der Waals surface area contributed by atoms with Gasteiger partial charge in [-0.25, -0.2) is 0 Å². The van der Waals surface area contributed by atoms with E-state index >= 15 is 0 Å². The summed E-state index contributed by atoms with van der Waals surface area (Å²) in [6.45, 7) is 3.83. The first kappa shape index (κ1) is 22.0. The van der Waals surface area contributed by atoms with Gasteiger partial charge in [0.2, 0.25) is 0 Å². The first-order valence-electron chi connectivity index (χ1n) is 9.09. The number of benzene rings is 1. The molecule has 1 aromatic heterocycles. The highest BCUT2D eigenvalue weighted by atomic mass is 127. The van der Waals surface area contributed by atoms with Crippen molar-refractivity contribution in [1.29, 1.82) is 0 Å². The number of nitrogens with one attached hydrogen (secondary N) is 2. The van der Waals surface area contributed by atoms with Crippen molar-refractivity contribution in [1.82, 2.24) is 20.4 Å². The van der Waals surface area contributed by atoms with E-state index in [1.807, 2.05) is 48.1 Å². The number of aromatic nitrogens is 2. The summed E-state index contributed by atoms with van der Waals surface area (Å²) in [5.41, 5.74) is 0.485. The summed E-state index contributed by atoms with van der Waals surface area (Å²) in [6, 6.07) is 9.72. The third-order valence-corrected chi connectivity index (χ3v) is 4.97. The molecule has 1 heterocycles. The summed E-state index contributed by atoms with van der Waals surface area (Å²) in [7, 11) is 0. The van der Waals surface area contributed by atoms with Crippen molar-refractivity contribution in [2.24, 2.45) is 4.99 Å². The summed E-state index contributed by atoms with van der Waals surface area (Å²) in [4.78, 5) is 4.56. The highest BCUT2D eigenvalue weighted by molar-refractivity contribution is 14.0. The SMILES string of the molecule is CCNC(=NCC1(O)CCC1)NCC(c1ccc(Cl)cc1)n1cccn1.I. The zero-order valence-electron chi connectivity index (χ0n) is 15.4. The van der Waals surface area contributed by atoms with Gasteiger partial charge in [0, 0.05) is 30.5 Å². The Balaban J connectivity index is 0.00000261. The van der Waals surface area contributed by atoms with Crippen LogP contribution in [-0.2, 0) is 0 Å². The molecule has 1 aliphatic carbocycles. The zero-order valence-corrected chi connectivity index (χ0v) is 18.5. The van der Waals surface area contributed by atoms with Gasteiger partial charge in [0.1, 0.15) is 0 Å². The Morgan fingerprint density at radius 3 is 2.63 bits per heavy atom. The minimum Gasteiger partial charge on any atom is -0.388 e. The number of aliphatic imine (C=N–C) groups is 1. The average Bonchev–Trinajstić information content (AvgIpc) is 3.14. The van der Waals surface area contributed by atoms with Crippen LogP contribution in [0.1, 0.15) is 37.8 Å². The topological polar surface area (TPSA) is 74.5 Å². The molecule has 3 rings (SSSR count). The molecule has 1 aromatic carbocycles. The Kier molecular flexibility index (Phi) is 8.37. The van der Waals surface area contributed by atoms with Crippen LogP contribution < -0.4 is 10.6 Å². The predicted octanol–water partition coefficient (Wildman–Crippen LogP) is 3.21. The van der Waals surface area contributed by atoms with Gasteiger partial charge in [-0.05, 0) is 49.9 Å². The zero-order chi connectivity index (χ0) is 18.4. The molecule has 8 heteroatoms. The van der Waals surface area contributed by atoms with E-state index in [1.54, 1.807) is 6.20 Å². The maximum atomic E-state index is 10.3. The van der Waals surface area contributed by atoms with Gasteiger partial charge in [0.15, 0.2) is 5.96 Å². The van der Waals surface area contributed by atoms with Crippen molar-refractivity contribution in [2.75, 3.05) is 19.6 Å². The van der Waals surface area contributed by atoms with Crippen molar-refractivity contribution >= 4 is 41.5 Å². The molecule has 0 radical (unpaired) electrons. The highest BCUT2D eigenvalue weighted by Crippen LogP contribution is 2.31. The normalized spacial score (nSPS) is 16.8. The Morgan fingerprint density at radius 1 is 1.33 bits per heavy atom. The van der Waals surface area contributed by atoms with Crippen molar-refractivity contribution in [3.8, 4) is 0 Å². The van der Waals surface area contributed by atoms with Crippen LogP contribution in [0.3, 0.4) is 0 Å². The molecule has 1 unspecified atom stereocenters. The fraction of sp³-hybridized carbons (Fsp3) is 0.474. The van der Waals surface area contributed by atoms with Gasteiger partial charge >= 0.3 is 0 Å². The van der Waals surface area contributed by atoms with Crippen molar-refractivity contribution in [3.63, 3.8) is 0 Å². The van der Waals surface area contributed by atoms with E-state index in [4.69, 9.17) is 11.6 Å². The number of aliphatic hydroxyl groups is 1. The fourth-order valence-corrected chi connectivity index (χ4v) is 3.14. The molecule has 6 nitrogen and oxygen atoms in total. The fourth-order valence-electron chi connectivity index (χ4n) is 3.02. The van der Waals surface area contributed by atoms with E-state index in [0.717, 1.165) is 31.4 Å². The standard InChI is InChI=1S/C19H26ClN5O.HI/c1-2-21-18(23-14-19(26)9-3-10-19)22-13-17(25-12-4-11-24-25)15-5-7-16(20)8-6-15;/h4-8,11-12,17,26H,2-3,9-10,13-14H2,1H3,(H2,21,22,23);1H. The maximum Gasteiger partial charge on any atom is 0.191 e. The number of hydrogen-bond acceptors (Lipinski definition) is 3. The molecule has 1 saturated carbocycles. The predicted molar refractivity (Wildman–Crippen MR) is 120 cm³/mol. The Labute approximate surface area is 182 Å². The van der Waals surface area contributed by atoms with Crippen molar-refractivity contribution < 1.29 is 5.11 Å². The highest BCUT2D eigenvalue weighted by Gasteiger charge is 2.34. The lowest BCUT2D eigenvalue weighted by atomic mass is 9.80. The van der Waals surface area contributed by atoms with Crippen LogP contribution in [0.2, 0.25) is 5.02 Å². The largest absolute Gasteiger partial charge is 0.388 e. The Hall–Kier alpha value is -1.32. The van der Waals surface area contributed by atoms with Gasteiger partial charge in [0.05, 0.1) is 18.2 Å². The second-order valence-corrected chi connectivity index (χ2v) is 7.14. The summed E-state index contributed by atoms with van der Waals surface area (Å²) in [5.74, 6) is 0.707. The molecule has 0 bridgehead atoms.